The molecule has 39 heavy (non-hydrogen) atoms. The zero-order valence-electron chi connectivity index (χ0n) is 22.7. The fourth-order valence-electron chi connectivity index (χ4n) is 4.26. The highest BCUT2D eigenvalue weighted by Crippen LogP contribution is 2.23. The number of rotatable bonds is 8. The molecule has 1 saturated heterocycles. The molecule has 9 heteroatoms. The van der Waals surface area contributed by atoms with Crippen LogP contribution in [-0.4, -0.2) is 54.1 Å². The number of aromatic nitrogens is 2. The first-order chi connectivity index (χ1) is 18.7. The van der Waals surface area contributed by atoms with E-state index in [0.29, 0.717) is 24.3 Å². The van der Waals surface area contributed by atoms with Crippen molar-refractivity contribution >= 4 is 29.2 Å². The Morgan fingerprint density at radius 2 is 1.51 bits per heavy atom. The molecule has 204 valence electrons. The van der Waals surface area contributed by atoms with Gasteiger partial charge < -0.3 is 20.9 Å². The van der Waals surface area contributed by atoms with Crippen LogP contribution in [0.5, 0.6) is 0 Å². The van der Waals surface area contributed by atoms with Gasteiger partial charge in [0.05, 0.1) is 5.69 Å². The van der Waals surface area contributed by atoms with Crippen LogP contribution < -0.4 is 20.9 Å². The van der Waals surface area contributed by atoms with Crippen molar-refractivity contribution in [3.05, 3.63) is 72.3 Å². The van der Waals surface area contributed by atoms with Crippen molar-refractivity contribution < 1.29 is 14.4 Å². The van der Waals surface area contributed by atoms with Crippen LogP contribution in [0.15, 0.2) is 66.7 Å². The lowest BCUT2D eigenvalue weighted by Gasteiger charge is -2.31. The van der Waals surface area contributed by atoms with Gasteiger partial charge in [0.2, 0.25) is 11.8 Å². The Morgan fingerprint density at radius 1 is 0.846 bits per heavy atom. The van der Waals surface area contributed by atoms with Gasteiger partial charge in [-0.3, -0.25) is 14.4 Å². The molecule has 2 heterocycles. The number of piperidine rings is 1. The molecule has 0 spiro atoms. The summed E-state index contributed by atoms with van der Waals surface area (Å²) in [5.74, 6) is 0.441. The lowest BCUT2D eigenvalue weighted by Crippen LogP contribution is -2.42. The van der Waals surface area contributed by atoms with Gasteiger partial charge in [-0.1, -0.05) is 51.1 Å². The minimum Gasteiger partial charge on any atom is -0.355 e. The lowest BCUT2D eigenvalue weighted by atomic mass is 9.95. The van der Waals surface area contributed by atoms with Crippen molar-refractivity contribution in [3.8, 4) is 11.3 Å². The van der Waals surface area contributed by atoms with E-state index < -0.39 is 5.41 Å². The molecule has 0 radical (unpaired) electrons. The summed E-state index contributed by atoms with van der Waals surface area (Å²) in [6, 6.07) is 20.6. The quantitative estimate of drug-likeness (QED) is 0.382. The third-order valence-electron chi connectivity index (χ3n) is 6.71. The Bertz CT molecular complexity index is 1260. The standard InChI is InChI=1S/C30H36N6O3/c1-30(2,3)29(39)33-24-11-9-22(10-12-24)27(37)31-17-18-32-28(38)23-15-19-36(20-16-23)26-14-13-25(34-35-26)21-7-5-4-6-8-21/h4-14,23H,15-20H2,1-3H3,(H,31,37)(H,32,38)(H,33,39). The zero-order valence-corrected chi connectivity index (χ0v) is 22.7. The number of carbonyl (C=O) groups is 3. The molecule has 0 atom stereocenters. The Hall–Kier alpha value is -4.27. The Morgan fingerprint density at radius 3 is 2.13 bits per heavy atom. The highest BCUT2D eigenvalue weighted by Gasteiger charge is 2.26. The molecule has 3 amide bonds. The molecule has 0 unspecified atom stereocenters. The number of hydrogen-bond donors (Lipinski definition) is 3. The zero-order chi connectivity index (χ0) is 27.8. The van der Waals surface area contributed by atoms with Crippen LogP contribution in [0.4, 0.5) is 11.5 Å². The fourth-order valence-corrected chi connectivity index (χ4v) is 4.26. The van der Waals surface area contributed by atoms with Crippen LogP contribution in [0, 0.1) is 11.3 Å². The van der Waals surface area contributed by atoms with Gasteiger partial charge in [0, 0.05) is 54.3 Å². The first-order valence-electron chi connectivity index (χ1n) is 13.3. The van der Waals surface area contributed by atoms with E-state index in [-0.39, 0.29) is 23.6 Å². The number of nitrogens with zero attached hydrogens (tertiary/aromatic N) is 3. The second kappa shape index (κ2) is 12.5. The number of amides is 3. The summed E-state index contributed by atoms with van der Waals surface area (Å²) < 4.78 is 0. The molecule has 1 aliphatic rings. The summed E-state index contributed by atoms with van der Waals surface area (Å²) in [6.07, 6.45) is 1.47. The summed E-state index contributed by atoms with van der Waals surface area (Å²) in [5, 5.41) is 17.4. The number of anilines is 2. The minimum atomic E-state index is -0.499. The molecule has 1 fully saturated rings. The van der Waals surface area contributed by atoms with Gasteiger partial charge >= 0.3 is 0 Å². The molecule has 3 aromatic rings. The summed E-state index contributed by atoms with van der Waals surface area (Å²) in [6.45, 7) is 7.68. The van der Waals surface area contributed by atoms with Gasteiger partial charge in [0.25, 0.3) is 5.91 Å². The average Bonchev–Trinajstić information content (AvgIpc) is 2.95. The summed E-state index contributed by atoms with van der Waals surface area (Å²) >= 11 is 0. The first-order valence-corrected chi connectivity index (χ1v) is 13.3. The maximum atomic E-state index is 12.6. The molecular weight excluding hydrogens is 492 g/mol. The van der Waals surface area contributed by atoms with Crippen LogP contribution in [0.1, 0.15) is 44.0 Å². The highest BCUT2D eigenvalue weighted by atomic mass is 16.2. The maximum Gasteiger partial charge on any atom is 0.251 e. The smallest absolute Gasteiger partial charge is 0.251 e. The van der Waals surface area contributed by atoms with E-state index in [2.05, 4.69) is 31.0 Å². The number of benzene rings is 2. The van der Waals surface area contributed by atoms with E-state index in [0.717, 1.165) is 43.0 Å². The molecular formula is C30H36N6O3. The summed E-state index contributed by atoms with van der Waals surface area (Å²) in [5.41, 5.74) is 2.50. The van der Waals surface area contributed by atoms with Gasteiger partial charge in [-0.05, 0) is 49.2 Å². The second-order valence-electron chi connectivity index (χ2n) is 10.7. The van der Waals surface area contributed by atoms with Crippen LogP contribution in [-0.2, 0) is 9.59 Å². The van der Waals surface area contributed by atoms with Crippen molar-refractivity contribution in [3.63, 3.8) is 0 Å². The van der Waals surface area contributed by atoms with E-state index in [1.54, 1.807) is 24.3 Å². The van der Waals surface area contributed by atoms with Crippen LogP contribution >= 0.6 is 0 Å². The third-order valence-corrected chi connectivity index (χ3v) is 6.71. The van der Waals surface area contributed by atoms with Crippen LogP contribution in [0.2, 0.25) is 0 Å². The molecule has 9 nitrogen and oxygen atoms in total. The van der Waals surface area contributed by atoms with Gasteiger partial charge in [0.1, 0.15) is 0 Å². The molecule has 2 aromatic carbocycles. The van der Waals surface area contributed by atoms with Crippen LogP contribution in [0.25, 0.3) is 11.3 Å². The van der Waals surface area contributed by atoms with Crippen molar-refractivity contribution in [1.82, 2.24) is 20.8 Å². The maximum absolute atomic E-state index is 12.6. The van der Waals surface area contributed by atoms with E-state index >= 15 is 0 Å². The third kappa shape index (κ3) is 7.63. The van der Waals surface area contributed by atoms with Crippen molar-refractivity contribution in [2.45, 2.75) is 33.6 Å². The summed E-state index contributed by atoms with van der Waals surface area (Å²) in [7, 11) is 0. The predicted octanol–water partition coefficient (Wildman–Crippen LogP) is 3.89. The van der Waals surface area contributed by atoms with Crippen molar-refractivity contribution in [2.24, 2.45) is 11.3 Å². The van der Waals surface area contributed by atoms with Crippen molar-refractivity contribution in [2.75, 3.05) is 36.4 Å². The molecule has 4 rings (SSSR count). The molecule has 1 aromatic heterocycles. The topological polar surface area (TPSA) is 116 Å². The minimum absolute atomic E-state index is 0.00773. The largest absolute Gasteiger partial charge is 0.355 e. The number of nitrogens with one attached hydrogen (secondary N) is 3. The lowest BCUT2D eigenvalue weighted by molar-refractivity contribution is -0.125. The monoisotopic (exact) mass is 528 g/mol. The molecule has 3 N–H and O–H groups in total. The van der Waals surface area contributed by atoms with Gasteiger partial charge in [-0.15, -0.1) is 10.2 Å². The number of hydrogen-bond acceptors (Lipinski definition) is 6. The Balaban J connectivity index is 1.15. The van der Waals surface area contributed by atoms with Crippen molar-refractivity contribution in [1.29, 1.82) is 0 Å². The van der Waals surface area contributed by atoms with E-state index in [4.69, 9.17) is 0 Å². The SMILES string of the molecule is CC(C)(C)C(=O)Nc1ccc(C(=O)NCCNC(=O)C2CCN(c3ccc(-c4ccccc4)nn3)CC2)cc1. The normalized spacial score (nSPS) is 14.0. The van der Waals surface area contributed by atoms with Gasteiger partial charge in [-0.25, -0.2) is 0 Å². The predicted molar refractivity (Wildman–Crippen MR) is 152 cm³/mol. The first kappa shape index (κ1) is 27.8. The molecule has 0 aliphatic carbocycles. The average molecular weight is 529 g/mol. The van der Waals surface area contributed by atoms with E-state index in [1.165, 1.54) is 0 Å². The molecule has 1 aliphatic heterocycles. The fraction of sp³-hybridized carbons (Fsp3) is 0.367. The summed E-state index contributed by atoms with van der Waals surface area (Å²) in [4.78, 5) is 39.3. The van der Waals surface area contributed by atoms with E-state index in [1.807, 2.05) is 63.2 Å². The molecule has 0 saturated carbocycles. The highest BCUT2D eigenvalue weighted by molar-refractivity contribution is 5.97. The number of carbonyl (C=O) groups excluding carboxylic acids is 3. The second-order valence-corrected chi connectivity index (χ2v) is 10.7. The van der Waals surface area contributed by atoms with Gasteiger partial charge in [0.15, 0.2) is 5.82 Å². The van der Waals surface area contributed by atoms with Crippen LogP contribution in [0.3, 0.4) is 0 Å². The Labute approximate surface area is 229 Å². The van der Waals surface area contributed by atoms with Gasteiger partial charge in [-0.2, -0.15) is 0 Å². The van der Waals surface area contributed by atoms with E-state index in [9.17, 15) is 14.4 Å². The molecule has 0 bridgehead atoms. The Kier molecular flexibility index (Phi) is 8.91.